The van der Waals surface area contributed by atoms with Crippen LogP contribution in [0, 0.1) is 0 Å². The first-order chi connectivity index (χ1) is 7.94. The molecule has 1 saturated heterocycles. The lowest BCUT2D eigenvalue weighted by Crippen LogP contribution is -2.33. The topological polar surface area (TPSA) is 51.5 Å². The van der Waals surface area contributed by atoms with Crippen LogP contribution < -0.4 is 5.32 Å². The Hall–Kier alpha value is -0.550. The van der Waals surface area contributed by atoms with E-state index in [-0.39, 0.29) is 11.8 Å². The molecule has 0 amide bonds. The zero-order valence-corrected chi connectivity index (χ0v) is 11.2. The Kier molecular flexibility index (Phi) is 5.46. The fourth-order valence-electron chi connectivity index (χ4n) is 1.41. The van der Waals surface area contributed by atoms with Gasteiger partial charge in [-0.2, -0.15) is 0 Å². The molecule has 1 unspecified atom stereocenters. The van der Waals surface area contributed by atoms with Crippen molar-refractivity contribution in [1.29, 1.82) is 0 Å². The smallest absolute Gasteiger partial charge is 0.162 e. The molecule has 17 heavy (non-hydrogen) atoms. The molecule has 0 aliphatic carbocycles. The summed E-state index contributed by atoms with van der Waals surface area (Å²) in [7, 11) is 0. The van der Waals surface area contributed by atoms with Gasteiger partial charge in [-0.25, -0.2) is 0 Å². The number of ether oxygens (including phenoxy) is 1. The van der Waals surface area contributed by atoms with Gasteiger partial charge in [0, 0.05) is 6.54 Å². The third-order valence-corrected chi connectivity index (χ3v) is 2.32. The van der Waals surface area contributed by atoms with Crippen LogP contribution >= 0.6 is 23.2 Å². The predicted octanol–water partition coefficient (Wildman–Crippen LogP) is 2.67. The highest BCUT2D eigenvalue weighted by molar-refractivity contribution is 6.51. The molecule has 96 valence electrons. The Bertz CT molecular complexity index is 338. The van der Waals surface area contributed by atoms with Crippen LogP contribution in [0.5, 0.6) is 0 Å². The Morgan fingerprint density at radius 3 is 2.59 bits per heavy atom. The molecule has 4 nitrogen and oxygen atoms in total. The number of rotatable bonds is 2. The molecule has 6 heteroatoms. The maximum Gasteiger partial charge on any atom is 0.162 e. The standard InChI is InChI=1S/C9H13NO2.C2H2Cl2O/c1-9(2)10-6-8(12-9)7-4-3-5-11-7;3-2(4)1-5/h3-5,8,10H,6H2,1-2H3;1-2H. The highest BCUT2D eigenvalue weighted by Gasteiger charge is 2.33. The fraction of sp³-hybridized carbons (Fsp3) is 0.545. The number of aldehydes is 1. The van der Waals surface area contributed by atoms with E-state index < -0.39 is 4.84 Å². The highest BCUT2D eigenvalue weighted by Crippen LogP contribution is 2.27. The number of alkyl halides is 2. The van der Waals surface area contributed by atoms with Gasteiger partial charge in [-0.1, -0.05) is 23.2 Å². The molecule has 2 rings (SSSR count). The van der Waals surface area contributed by atoms with Crippen molar-refractivity contribution < 1.29 is 13.9 Å². The molecule has 1 N–H and O–H groups in total. The van der Waals surface area contributed by atoms with Crippen molar-refractivity contribution in [2.75, 3.05) is 6.54 Å². The van der Waals surface area contributed by atoms with Crippen LogP contribution in [-0.2, 0) is 9.53 Å². The monoisotopic (exact) mass is 279 g/mol. The van der Waals surface area contributed by atoms with Gasteiger partial charge in [-0.3, -0.25) is 5.32 Å². The average molecular weight is 280 g/mol. The molecule has 1 fully saturated rings. The Morgan fingerprint density at radius 2 is 2.24 bits per heavy atom. The molecule has 1 aromatic rings. The number of halogens is 2. The van der Waals surface area contributed by atoms with E-state index in [0.29, 0.717) is 6.29 Å². The van der Waals surface area contributed by atoms with E-state index in [0.717, 1.165) is 12.3 Å². The lowest BCUT2D eigenvalue weighted by molar-refractivity contribution is -0.106. The van der Waals surface area contributed by atoms with Gasteiger partial charge >= 0.3 is 0 Å². The molecule has 1 aromatic heterocycles. The Labute approximate surface area is 110 Å². The van der Waals surface area contributed by atoms with E-state index in [1.807, 2.05) is 26.0 Å². The average Bonchev–Trinajstić information content (AvgIpc) is 2.87. The van der Waals surface area contributed by atoms with Crippen molar-refractivity contribution in [3.63, 3.8) is 0 Å². The van der Waals surface area contributed by atoms with Gasteiger partial charge in [0.1, 0.15) is 17.6 Å². The summed E-state index contributed by atoms with van der Waals surface area (Å²) in [5.74, 6) is 0.896. The summed E-state index contributed by atoms with van der Waals surface area (Å²) in [4.78, 5) is 8.39. The number of nitrogens with one attached hydrogen (secondary N) is 1. The molecule has 0 radical (unpaired) electrons. The van der Waals surface area contributed by atoms with Crippen LogP contribution in [0.25, 0.3) is 0 Å². The van der Waals surface area contributed by atoms with Crippen molar-refractivity contribution in [3.8, 4) is 0 Å². The molecule has 0 saturated carbocycles. The second kappa shape index (κ2) is 6.40. The minimum absolute atomic E-state index is 0.0648. The second-order valence-corrected chi connectivity index (χ2v) is 5.15. The van der Waals surface area contributed by atoms with Gasteiger partial charge < -0.3 is 13.9 Å². The van der Waals surface area contributed by atoms with Gasteiger partial charge in [0.15, 0.2) is 11.1 Å². The fourth-order valence-corrected chi connectivity index (χ4v) is 1.41. The molecule has 1 atom stereocenters. The maximum atomic E-state index is 9.24. The lowest BCUT2D eigenvalue weighted by Gasteiger charge is -2.17. The summed E-state index contributed by atoms with van der Waals surface area (Å²) < 4.78 is 10.9. The van der Waals surface area contributed by atoms with E-state index in [4.69, 9.17) is 32.4 Å². The van der Waals surface area contributed by atoms with E-state index in [2.05, 4.69) is 5.32 Å². The predicted molar refractivity (Wildman–Crippen MR) is 66.2 cm³/mol. The first kappa shape index (κ1) is 14.5. The van der Waals surface area contributed by atoms with Crippen molar-refractivity contribution >= 4 is 29.5 Å². The van der Waals surface area contributed by atoms with E-state index >= 15 is 0 Å². The zero-order valence-electron chi connectivity index (χ0n) is 9.65. The second-order valence-electron chi connectivity index (χ2n) is 3.98. The molecule has 0 aromatic carbocycles. The minimum Gasteiger partial charge on any atom is -0.467 e. The Balaban J connectivity index is 0.000000249. The lowest BCUT2D eigenvalue weighted by atomic mass is 10.3. The number of hydrogen-bond acceptors (Lipinski definition) is 4. The quantitative estimate of drug-likeness (QED) is 0.668. The largest absolute Gasteiger partial charge is 0.467 e. The van der Waals surface area contributed by atoms with Gasteiger partial charge in [0.25, 0.3) is 0 Å². The summed E-state index contributed by atoms with van der Waals surface area (Å²) in [5, 5.41) is 3.25. The molecular weight excluding hydrogens is 265 g/mol. The number of carbonyl (C=O) groups excluding carboxylic acids is 1. The van der Waals surface area contributed by atoms with Crippen molar-refractivity contribution in [2.45, 2.75) is 30.5 Å². The van der Waals surface area contributed by atoms with Crippen molar-refractivity contribution in [3.05, 3.63) is 24.2 Å². The summed E-state index contributed by atoms with van der Waals surface area (Å²) in [6.45, 7) is 4.84. The zero-order chi connectivity index (χ0) is 12.9. The van der Waals surface area contributed by atoms with E-state index in [9.17, 15) is 4.79 Å². The first-order valence-corrected chi connectivity index (χ1v) is 6.01. The van der Waals surface area contributed by atoms with Gasteiger partial charge in [-0.15, -0.1) is 0 Å². The van der Waals surface area contributed by atoms with Crippen molar-refractivity contribution in [1.82, 2.24) is 5.32 Å². The number of hydrogen-bond donors (Lipinski definition) is 1. The summed E-state index contributed by atoms with van der Waals surface area (Å²) in [5.41, 5.74) is -0.225. The van der Waals surface area contributed by atoms with Crippen LogP contribution in [0.15, 0.2) is 22.8 Å². The summed E-state index contributed by atoms with van der Waals surface area (Å²) in [6, 6.07) is 3.82. The van der Waals surface area contributed by atoms with Crippen LogP contribution in [0.2, 0.25) is 0 Å². The molecule has 2 heterocycles. The van der Waals surface area contributed by atoms with Crippen LogP contribution in [-0.4, -0.2) is 23.4 Å². The molecular formula is C11H15Cl2NO3. The molecule has 1 aliphatic rings. The van der Waals surface area contributed by atoms with E-state index in [1.54, 1.807) is 6.26 Å². The normalized spacial score (nSPS) is 22.1. The molecule has 1 aliphatic heterocycles. The SMILES string of the molecule is CC1(C)NCC(c2ccco2)O1.O=CC(Cl)Cl. The Morgan fingerprint density at radius 1 is 1.59 bits per heavy atom. The molecule has 0 spiro atoms. The summed E-state index contributed by atoms with van der Waals surface area (Å²) in [6.07, 6.45) is 2.18. The van der Waals surface area contributed by atoms with Gasteiger partial charge in [0.05, 0.1) is 6.26 Å². The number of furan rings is 1. The molecule has 0 bridgehead atoms. The van der Waals surface area contributed by atoms with Gasteiger partial charge in [-0.05, 0) is 26.0 Å². The van der Waals surface area contributed by atoms with Crippen molar-refractivity contribution in [2.24, 2.45) is 0 Å². The third-order valence-electron chi connectivity index (χ3n) is 2.11. The minimum atomic E-state index is -0.852. The number of carbonyl (C=O) groups is 1. The van der Waals surface area contributed by atoms with Crippen LogP contribution in [0.3, 0.4) is 0 Å². The highest BCUT2D eigenvalue weighted by atomic mass is 35.5. The first-order valence-electron chi connectivity index (χ1n) is 5.14. The summed E-state index contributed by atoms with van der Waals surface area (Å²) >= 11 is 9.72. The maximum absolute atomic E-state index is 9.24. The van der Waals surface area contributed by atoms with Crippen LogP contribution in [0.4, 0.5) is 0 Å². The van der Waals surface area contributed by atoms with E-state index in [1.165, 1.54) is 0 Å². The third kappa shape index (κ3) is 5.08. The van der Waals surface area contributed by atoms with Gasteiger partial charge in [0.2, 0.25) is 0 Å². The van der Waals surface area contributed by atoms with Crippen LogP contribution in [0.1, 0.15) is 25.7 Å².